The van der Waals surface area contributed by atoms with Crippen molar-refractivity contribution in [3.8, 4) is 0 Å². The molecule has 0 aromatic rings. The van der Waals surface area contributed by atoms with Crippen LogP contribution in [0.3, 0.4) is 0 Å². The highest BCUT2D eigenvalue weighted by molar-refractivity contribution is 5.75. The van der Waals surface area contributed by atoms with E-state index in [4.69, 9.17) is 5.11 Å². The highest BCUT2D eigenvalue weighted by Crippen LogP contribution is 2.44. The number of carbonyl (C=O) groups is 2. The standard InChI is InChI=1S/C11H18N2O4/c14-9(15)2-1-5-12-10(16)13-6-11(17,7-13)8-3-4-8/h8,17H,1-7H2,(H,12,16)(H,14,15). The normalized spacial score (nSPS) is 21.8. The van der Waals surface area contributed by atoms with Gasteiger partial charge in [0.25, 0.3) is 0 Å². The number of β-amino-alcohol motifs (C(OH)–C–C–N with tert-alkyl or cyclic N) is 1. The second-order valence-corrected chi connectivity index (χ2v) is 4.96. The molecule has 2 fully saturated rings. The van der Waals surface area contributed by atoms with E-state index in [9.17, 15) is 14.7 Å². The molecule has 0 spiro atoms. The summed E-state index contributed by atoms with van der Waals surface area (Å²) in [4.78, 5) is 23.4. The quantitative estimate of drug-likeness (QED) is 0.593. The van der Waals surface area contributed by atoms with Crippen molar-refractivity contribution in [1.82, 2.24) is 10.2 Å². The third-order valence-electron chi connectivity index (χ3n) is 3.40. The topological polar surface area (TPSA) is 89.9 Å². The first-order chi connectivity index (χ1) is 8.01. The Labute approximate surface area is 99.6 Å². The molecule has 6 nitrogen and oxygen atoms in total. The lowest BCUT2D eigenvalue weighted by Crippen LogP contribution is -2.66. The van der Waals surface area contributed by atoms with Crippen molar-refractivity contribution in [1.29, 1.82) is 0 Å². The molecule has 2 aliphatic rings. The number of nitrogens with zero attached hydrogens (tertiary/aromatic N) is 1. The summed E-state index contributed by atoms with van der Waals surface area (Å²) in [7, 11) is 0. The summed E-state index contributed by atoms with van der Waals surface area (Å²) in [6.45, 7) is 1.17. The summed E-state index contributed by atoms with van der Waals surface area (Å²) < 4.78 is 0. The average molecular weight is 242 g/mol. The van der Waals surface area contributed by atoms with E-state index in [0.717, 1.165) is 12.8 Å². The smallest absolute Gasteiger partial charge is 0.317 e. The monoisotopic (exact) mass is 242 g/mol. The number of nitrogens with one attached hydrogen (secondary N) is 1. The molecule has 17 heavy (non-hydrogen) atoms. The van der Waals surface area contributed by atoms with E-state index >= 15 is 0 Å². The molecule has 0 aromatic carbocycles. The van der Waals surface area contributed by atoms with Crippen molar-refractivity contribution in [2.24, 2.45) is 5.92 Å². The molecule has 0 unspecified atom stereocenters. The molecule has 1 aliphatic heterocycles. The van der Waals surface area contributed by atoms with Gasteiger partial charge >= 0.3 is 12.0 Å². The van der Waals surface area contributed by atoms with E-state index in [-0.39, 0.29) is 12.5 Å². The van der Waals surface area contributed by atoms with Gasteiger partial charge < -0.3 is 20.4 Å². The first kappa shape index (κ1) is 12.2. The van der Waals surface area contributed by atoms with E-state index < -0.39 is 11.6 Å². The van der Waals surface area contributed by atoms with Gasteiger partial charge in [-0.2, -0.15) is 0 Å². The molecule has 0 bridgehead atoms. The van der Waals surface area contributed by atoms with Gasteiger partial charge in [0.1, 0.15) is 5.60 Å². The SMILES string of the molecule is O=C(O)CCCNC(=O)N1CC(O)(C2CC2)C1. The maximum absolute atomic E-state index is 11.6. The zero-order valence-electron chi connectivity index (χ0n) is 9.69. The Morgan fingerprint density at radius 2 is 2.00 bits per heavy atom. The van der Waals surface area contributed by atoms with E-state index in [1.165, 1.54) is 0 Å². The summed E-state index contributed by atoms with van der Waals surface area (Å²) in [6.07, 6.45) is 2.61. The maximum Gasteiger partial charge on any atom is 0.317 e. The van der Waals surface area contributed by atoms with E-state index in [1.54, 1.807) is 4.90 Å². The number of hydrogen-bond donors (Lipinski definition) is 3. The minimum Gasteiger partial charge on any atom is -0.481 e. The third-order valence-corrected chi connectivity index (χ3v) is 3.40. The number of rotatable bonds is 5. The molecule has 1 saturated heterocycles. The van der Waals surface area contributed by atoms with Gasteiger partial charge in [0, 0.05) is 13.0 Å². The molecule has 3 N–H and O–H groups in total. The molecule has 0 atom stereocenters. The molecule has 2 amide bonds. The number of aliphatic hydroxyl groups is 1. The van der Waals surface area contributed by atoms with Crippen LogP contribution in [0.2, 0.25) is 0 Å². The molecule has 0 aromatic heterocycles. The van der Waals surface area contributed by atoms with Crippen LogP contribution in [0.4, 0.5) is 4.79 Å². The third kappa shape index (κ3) is 2.88. The van der Waals surface area contributed by atoms with Crippen LogP contribution in [0, 0.1) is 5.92 Å². The van der Waals surface area contributed by atoms with Gasteiger partial charge in [-0.05, 0) is 25.2 Å². The fourth-order valence-electron chi connectivity index (χ4n) is 2.18. The van der Waals surface area contributed by atoms with Gasteiger partial charge in [0.15, 0.2) is 0 Å². The lowest BCUT2D eigenvalue weighted by molar-refractivity contribution is -0.137. The molecule has 96 valence electrons. The Kier molecular flexibility index (Phi) is 3.24. The summed E-state index contributed by atoms with van der Waals surface area (Å²) in [5.41, 5.74) is -0.654. The summed E-state index contributed by atoms with van der Waals surface area (Å²) in [5.74, 6) is -0.482. The molecule has 6 heteroatoms. The Hall–Kier alpha value is -1.30. The predicted molar refractivity (Wildman–Crippen MR) is 59.5 cm³/mol. The van der Waals surface area contributed by atoms with Crippen LogP contribution >= 0.6 is 0 Å². The Balaban J connectivity index is 1.60. The van der Waals surface area contributed by atoms with Crippen molar-refractivity contribution < 1.29 is 19.8 Å². The van der Waals surface area contributed by atoms with Crippen molar-refractivity contribution in [3.05, 3.63) is 0 Å². The summed E-state index contributed by atoms with van der Waals surface area (Å²) in [6, 6.07) is -0.208. The van der Waals surface area contributed by atoms with E-state index in [2.05, 4.69) is 5.32 Å². The number of hydrogen-bond acceptors (Lipinski definition) is 3. The van der Waals surface area contributed by atoms with Crippen molar-refractivity contribution in [2.75, 3.05) is 19.6 Å². The summed E-state index contributed by atoms with van der Waals surface area (Å²) >= 11 is 0. The average Bonchev–Trinajstić information content (AvgIpc) is 3.02. The molecule has 1 aliphatic carbocycles. The van der Waals surface area contributed by atoms with Gasteiger partial charge in [-0.3, -0.25) is 4.79 Å². The lowest BCUT2D eigenvalue weighted by atomic mass is 9.89. The first-order valence-corrected chi connectivity index (χ1v) is 5.98. The number of carbonyl (C=O) groups excluding carboxylic acids is 1. The number of aliphatic carboxylic acids is 1. The number of carboxylic acids is 1. The van der Waals surface area contributed by atoms with Gasteiger partial charge in [0.05, 0.1) is 13.1 Å². The summed E-state index contributed by atoms with van der Waals surface area (Å²) in [5, 5.41) is 21.1. The van der Waals surface area contributed by atoms with Gasteiger partial charge in [-0.1, -0.05) is 0 Å². The van der Waals surface area contributed by atoms with Crippen molar-refractivity contribution in [3.63, 3.8) is 0 Å². The number of likely N-dealkylation sites (tertiary alicyclic amines) is 1. The number of urea groups is 1. The minimum atomic E-state index is -0.855. The zero-order valence-corrected chi connectivity index (χ0v) is 9.69. The van der Waals surface area contributed by atoms with Crippen LogP contribution in [-0.2, 0) is 4.79 Å². The number of amides is 2. The largest absolute Gasteiger partial charge is 0.481 e. The lowest BCUT2D eigenvalue weighted by Gasteiger charge is -2.46. The van der Waals surface area contributed by atoms with Crippen LogP contribution in [-0.4, -0.2) is 52.3 Å². The van der Waals surface area contributed by atoms with Crippen LogP contribution < -0.4 is 5.32 Å². The first-order valence-electron chi connectivity index (χ1n) is 5.98. The number of carboxylic acid groups (broad SMARTS) is 1. The zero-order chi connectivity index (χ0) is 12.5. The Morgan fingerprint density at radius 1 is 1.35 bits per heavy atom. The molecule has 2 rings (SSSR count). The van der Waals surface area contributed by atoms with Crippen LogP contribution in [0.5, 0.6) is 0 Å². The predicted octanol–water partition coefficient (Wildman–Crippen LogP) is 0.0175. The van der Waals surface area contributed by atoms with E-state index in [1.807, 2.05) is 0 Å². The Bertz CT molecular complexity index is 321. The second kappa shape index (κ2) is 4.52. The Morgan fingerprint density at radius 3 is 2.53 bits per heavy atom. The molecule has 1 saturated carbocycles. The molecule has 1 heterocycles. The van der Waals surface area contributed by atoms with Gasteiger partial charge in [-0.15, -0.1) is 0 Å². The van der Waals surface area contributed by atoms with Gasteiger partial charge in [0.2, 0.25) is 0 Å². The van der Waals surface area contributed by atoms with Crippen molar-refractivity contribution in [2.45, 2.75) is 31.3 Å². The fourth-order valence-corrected chi connectivity index (χ4v) is 2.18. The highest BCUT2D eigenvalue weighted by atomic mass is 16.4. The fraction of sp³-hybridized carbons (Fsp3) is 0.818. The highest BCUT2D eigenvalue weighted by Gasteiger charge is 2.53. The molecular weight excluding hydrogens is 224 g/mol. The second-order valence-electron chi connectivity index (χ2n) is 4.96. The van der Waals surface area contributed by atoms with Crippen LogP contribution in [0.15, 0.2) is 0 Å². The van der Waals surface area contributed by atoms with E-state index in [0.29, 0.717) is 32.0 Å². The minimum absolute atomic E-state index is 0.0618. The molecular formula is C11H18N2O4. The molecule has 0 radical (unpaired) electrons. The van der Waals surface area contributed by atoms with Crippen LogP contribution in [0.25, 0.3) is 0 Å². The maximum atomic E-state index is 11.6. The van der Waals surface area contributed by atoms with Crippen LogP contribution in [0.1, 0.15) is 25.7 Å². The van der Waals surface area contributed by atoms with Gasteiger partial charge in [-0.25, -0.2) is 4.79 Å². The van der Waals surface area contributed by atoms with Crippen molar-refractivity contribution >= 4 is 12.0 Å².